The third kappa shape index (κ3) is 3.94. The summed E-state index contributed by atoms with van der Waals surface area (Å²) in [7, 11) is 0. The number of carbonyl (C=O) groups is 2. The van der Waals surface area contributed by atoms with Crippen LogP contribution in [0.3, 0.4) is 0 Å². The summed E-state index contributed by atoms with van der Waals surface area (Å²) < 4.78 is 0. The molecule has 25 heavy (non-hydrogen) atoms. The molecule has 3 heterocycles. The number of nitrogens with one attached hydrogen (secondary N) is 1. The number of pyridine rings is 1. The summed E-state index contributed by atoms with van der Waals surface area (Å²) in [6, 6.07) is 3.28. The Bertz CT molecular complexity index is 634. The molecule has 0 aromatic carbocycles. The van der Waals surface area contributed by atoms with Gasteiger partial charge in [-0.3, -0.25) is 9.59 Å². The smallest absolute Gasteiger partial charge is 0.254 e. The van der Waals surface area contributed by atoms with Gasteiger partial charge < -0.3 is 15.1 Å². The van der Waals surface area contributed by atoms with Gasteiger partial charge in [0.15, 0.2) is 0 Å². The van der Waals surface area contributed by atoms with Crippen molar-refractivity contribution in [3.05, 3.63) is 23.9 Å². The summed E-state index contributed by atoms with van der Waals surface area (Å²) in [6.07, 6.45) is 5.68. The molecule has 6 nitrogen and oxygen atoms in total. The van der Waals surface area contributed by atoms with E-state index in [0.29, 0.717) is 31.0 Å². The molecule has 2 amide bonds. The minimum absolute atomic E-state index is 0.0411. The standard InChI is InChI=1S/C19H28N4O2/c1-3-5-16-18(24)21-9-11-23(16)19(25)15-7-8-20-17(12-15)22-10-4-6-14(2)13-22/h7-8,12,14,16H,3-6,9-11,13H2,1-2H3,(H,21,24). The summed E-state index contributed by atoms with van der Waals surface area (Å²) in [5.41, 5.74) is 0.624. The van der Waals surface area contributed by atoms with E-state index in [-0.39, 0.29) is 17.9 Å². The van der Waals surface area contributed by atoms with Gasteiger partial charge in [0.2, 0.25) is 5.91 Å². The summed E-state index contributed by atoms with van der Waals surface area (Å²) in [4.78, 5) is 33.6. The van der Waals surface area contributed by atoms with Crippen molar-refractivity contribution in [3.63, 3.8) is 0 Å². The lowest BCUT2D eigenvalue weighted by atomic mass is 10.00. The molecule has 0 spiro atoms. The molecular weight excluding hydrogens is 316 g/mol. The van der Waals surface area contributed by atoms with Crippen molar-refractivity contribution in [1.29, 1.82) is 0 Å². The number of aromatic nitrogens is 1. The van der Waals surface area contributed by atoms with E-state index in [2.05, 4.69) is 22.1 Å². The Morgan fingerprint density at radius 2 is 2.24 bits per heavy atom. The third-order valence-electron chi connectivity index (χ3n) is 5.13. The van der Waals surface area contributed by atoms with Gasteiger partial charge in [0.25, 0.3) is 5.91 Å². The van der Waals surface area contributed by atoms with Gasteiger partial charge in [0, 0.05) is 37.9 Å². The average Bonchev–Trinajstić information content (AvgIpc) is 2.63. The highest BCUT2D eigenvalue weighted by molar-refractivity contribution is 5.98. The molecule has 2 fully saturated rings. The largest absolute Gasteiger partial charge is 0.356 e. The number of nitrogens with zero attached hydrogens (tertiary/aromatic N) is 3. The lowest BCUT2D eigenvalue weighted by molar-refractivity contribution is -0.128. The zero-order valence-electron chi connectivity index (χ0n) is 15.2. The number of carbonyl (C=O) groups excluding carboxylic acids is 2. The highest BCUT2D eigenvalue weighted by Gasteiger charge is 2.33. The second-order valence-corrected chi connectivity index (χ2v) is 7.19. The minimum atomic E-state index is -0.363. The Labute approximate surface area is 149 Å². The lowest BCUT2D eigenvalue weighted by Gasteiger charge is -2.35. The molecule has 2 atom stereocenters. The Hall–Kier alpha value is -2.11. The number of piperazine rings is 1. The first kappa shape index (κ1) is 17.7. The second-order valence-electron chi connectivity index (χ2n) is 7.19. The number of hydrogen-bond acceptors (Lipinski definition) is 4. The number of amides is 2. The van der Waals surface area contributed by atoms with Crippen LogP contribution in [0.4, 0.5) is 5.82 Å². The summed E-state index contributed by atoms with van der Waals surface area (Å²) in [5, 5.41) is 2.87. The molecule has 2 saturated heterocycles. The van der Waals surface area contributed by atoms with Crippen LogP contribution in [-0.4, -0.2) is 53.9 Å². The van der Waals surface area contributed by atoms with Crippen molar-refractivity contribution in [1.82, 2.24) is 15.2 Å². The molecule has 6 heteroatoms. The minimum Gasteiger partial charge on any atom is -0.356 e. The topological polar surface area (TPSA) is 65.5 Å². The summed E-state index contributed by atoms with van der Waals surface area (Å²) in [5.74, 6) is 1.41. The monoisotopic (exact) mass is 344 g/mol. The fraction of sp³-hybridized carbons (Fsp3) is 0.632. The van der Waals surface area contributed by atoms with Crippen LogP contribution < -0.4 is 10.2 Å². The molecule has 136 valence electrons. The summed E-state index contributed by atoms with van der Waals surface area (Å²) in [6.45, 7) is 7.34. The molecule has 1 aromatic rings. The fourth-order valence-corrected chi connectivity index (χ4v) is 3.81. The maximum absolute atomic E-state index is 13.0. The van der Waals surface area contributed by atoms with E-state index in [1.165, 1.54) is 6.42 Å². The molecule has 0 saturated carbocycles. The number of anilines is 1. The van der Waals surface area contributed by atoms with Crippen LogP contribution in [0.5, 0.6) is 0 Å². The van der Waals surface area contributed by atoms with Crippen LogP contribution >= 0.6 is 0 Å². The van der Waals surface area contributed by atoms with Crippen LogP contribution in [0.15, 0.2) is 18.3 Å². The Morgan fingerprint density at radius 3 is 3.00 bits per heavy atom. The quantitative estimate of drug-likeness (QED) is 0.908. The van der Waals surface area contributed by atoms with E-state index in [4.69, 9.17) is 0 Å². The Morgan fingerprint density at radius 1 is 1.40 bits per heavy atom. The maximum Gasteiger partial charge on any atom is 0.254 e. The van der Waals surface area contributed by atoms with E-state index >= 15 is 0 Å². The van der Waals surface area contributed by atoms with E-state index < -0.39 is 0 Å². The van der Waals surface area contributed by atoms with Crippen molar-refractivity contribution in [2.24, 2.45) is 5.92 Å². The average molecular weight is 344 g/mol. The molecule has 1 aromatic heterocycles. The van der Waals surface area contributed by atoms with E-state index in [9.17, 15) is 9.59 Å². The van der Waals surface area contributed by atoms with Gasteiger partial charge in [0.1, 0.15) is 11.9 Å². The van der Waals surface area contributed by atoms with E-state index in [1.54, 1.807) is 17.2 Å². The highest BCUT2D eigenvalue weighted by Crippen LogP contribution is 2.23. The second kappa shape index (κ2) is 7.85. The van der Waals surface area contributed by atoms with Crippen LogP contribution in [0.1, 0.15) is 49.9 Å². The van der Waals surface area contributed by atoms with Gasteiger partial charge in [-0.15, -0.1) is 0 Å². The van der Waals surface area contributed by atoms with Crippen molar-refractivity contribution in [3.8, 4) is 0 Å². The predicted octanol–water partition coefficient (Wildman–Crippen LogP) is 2.06. The SMILES string of the molecule is CCCC1C(=O)NCCN1C(=O)c1ccnc(N2CCCC(C)C2)c1. The first-order chi connectivity index (χ1) is 12.1. The van der Waals surface area contributed by atoms with Crippen LogP contribution in [-0.2, 0) is 4.79 Å². The number of rotatable bonds is 4. The van der Waals surface area contributed by atoms with Gasteiger partial charge in [-0.05, 0) is 37.3 Å². The fourth-order valence-electron chi connectivity index (χ4n) is 3.81. The summed E-state index contributed by atoms with van der Waals surface area (Å²) >= 11 is 0. The van der Waals surface area contributed by atoms with Crippen molar-refractivity contribution in [2.45, 2.75) is 45.6 Å². The van der Waals surface area contributed by atoms with E-state index in [0.717, 1.165) is 31.7 Å². The molecule has 0 aliphatic carbocycles. The van der Waals surface area contributed by atoms with Crippen LogP contribution in [0, 0.1) is 5.92 Å². The Balaban J connectivity index is 1.79. The molecule has 0 bridgehead atoms. The zero-order chi connectivity index (χ0) is 17.8. The lowest BCUT2D eigenvalue weighted by Crippen LogP contribution is -2.57. The molecular formula is C19H28N4O2. The first-order valence-corrected chi connectivity index (χ1v) is 9.39. The maximum atomic E-state index is 13.0. The van der Waals surface area contributed by atoms with Gasteiger partial charge in [-0.2, -0.15) is 0 Å². The van der Waals surface area contributed by atoms with Crippen molar-refractivity contribution >= 4 is 17.6 Å². The number of piperidine rings is 1. The Kier molecular flexibility index (Phi) is 5.56. The normalized spacial score (nSPS) is 24.2. The van der Waals surface area contributed by atoms with Crippen molar-refractivity contribution in [2.75, 3.05) is 31.1 Å². The van der Waals surface area contributed by atoms with Gasteiger partial charge >= 0.3 is 0 Å². The molecule has 2 aliphatic rings. The molecule has 3 rings (SSSR count). The molecule has 0 radical (unpaired) electrons. The van der Waals surface area contributed by atoms with Gasteiger partial charge in [-0.1, -0.05) is 20.3 Å². The van der Waals surface area contributed by atoms with Crippen LogP contribution in [0.2, 0.25) is 0 Å². The van der Waals surface area contributed by atoms with Crippen LogP contribution in [0.25, 0.3) is 0 Å². The zero-order valence-corrected chi connectivity index (χ0v) is 15.2. The molecule has 1 N–H and O–H groups in total. The first-order valence-electron chi connectivity index (χ1n) is 9.39. The third-order valence-corrected chi connectivity index (χ3v) is 5.13. The van der Waals surface area contributed by atoms with Gasteiger partial charge in [0.05, 0.1) is 0 Å². The highest BCUT2D eigenvalue weighted by atomic mass is 16.2. The van der Waals surface area contributed by atoms with E-state index in [1.807, 2.05) is 13.0 Å². The number of hydrogen-bond donors (Lipinski definition) is 1. The predicted molar refractivity (Wildman–Crippen MR) is 97.6 cm³/mol. The molecule has 2 aliphatic heterocycles. The van der Waals surface area contributed by atoms with Crippen molar-refractivity contribution < 1.29 is 9.59 Å². The molecule has 2 unspecified atom stereocenters. The van der Waals surface area contributed by atoms with Gasteiger partial charge in [-0.25, -0.2) is 4.98 Å².